The fraction of sp³-hybridized carbons (Fsp3) is 0.615. The van der Waals surface area contributed by atoms with Crippen LogP contribution in [0.25, 0.3) is 0 Å². The number of ketones is 1. The van der Waals surface area contributed by atoms with Crippen LogP contribution in [0.3, 0.4) is 0 Å². The van der Waals surface area contributed by atoms with Gasteiger partial charge in [0.05, 0.1) is 15.6 Å². The van der Waals surface area contributed by atoms with Gasteiger partial charge in [-0.3, -0.25) is 4.79 Å². The lowest BCUT2D eigenvalue weighted by Crippen LogP contribution is -2.36. The number of aliphatic hydroxyl groups excluding tert-OH is 1. The zero-order chi connectivity index (χ0) is 13.1. The van der Waals surface area contributed by atoms with Crippen molar-refractivity contribution in [3.05, 3.63) is 10.9 Å². The number of nitrogens with two attached hydrogens (primary N) is 1. The Bertz CT molecular complexity index is 431. The number of nitrogen functional groups attached to an aromatic ring is 1. The molecule has 0 spiro atoms. The van der Waals surface area contributed by atoms with E-state index in [1.165, 1.54) is 11.3 Å². The van der Waals surface area contributed by atoms with E-state index in [4.69, 9.17) is 5.73 Å². The summed E-state index contributed by atoms with van der Waals surface area (Å²) in [6, 6.07) is 1.90. The standard InChI is InChI=1S/C13H20N2O2S/c1-2-11(17)13-10(14)6-12(18-13)15-5-3-4-9(7-15)8-16/h6,9,16H,2-5,7-8,14H2,1H3. The van der Waals surface area contributed by atoms with Gasteiger partial charge < -0.3 is 15.7 Å². The summed E-state index contributed by atoms with van der Waals surface area (Å²) in [6.45, 7) is 3.92. The Morgan fingerprint density at radius 2 is 2.44 bits per heavy atom. The lowest BCUT2D eigenvalue weighted by molar-refractivity contribution is 0.0993. The topological polar surface area (TPSA) is 66.6 Å². The molecule has 2 rings (SSSR count). The number of hydrogen-bond acceptors (Lipinski definition) is 5. The first-order chi connectivity index (χ1) is 8.65. The van der Waals surface area contributed by atoms with Gasteiger partial charge in [0.25, 0.3) is 0 Å². The van der Waals surface area contributed by atoms with Gasteiger partial charge in [-0.25, -0.2) is 0 Å². The molecule has 1 aromatic heterocycles. The number of rotatable bonds is 4. The van der Waals surface area contributed by atoms with Gasteiger partial charge in [-0.05, 0) is 24.8 Å². The quantitative estimate of drug-likeness (QED) is 0.821. The van der Waals surface area contributed by atoms with E-state index in [2.05, 4.69) is 4.90 Å². The van der Waals surface area contributed by atoms with E-state index >= 15 is 0 Å². The molecule has 1 fully saturated rings. The van der Waals surface area contributed by atoms with Crippen molar-refractivity contribution in [2.45, 2.75) is 26.2 Å². The maximum atomic E-state index is 11.7. The van der Waals surface area contributed by atoms with Crippen LogP contribution in [-0.2, 0) is 0 Å². The molecule has 0 aliphatic carbocycles. The van der Waals surface area contributed by atoms with Crippen molar-refractivity contribution in [2.75, 3.05) is 30.3 Å². The highest BCUT2D eigenvalue weighted by molar-refractivity contribution is 7.18. The maximum Gasteiger partial charge on any atom is 0.174 e. The molecule has 5 heteroatoms. The predicted molar refractivity (Wildman–Crippen MR) is 75.4 cm³/mol. The van der Waals surface area contributed by atoms with E-state index < -0.39 is 0 Å². The van der Waals surface area contributed by atoms with Gasteiger partial charge in [-0.1, -0.05) is 6.92 Å². The van der Waals surface area contributed by atoms with Gasteiger partial charge in [0.15, 0.2) is 5.78 Å². The number of anilines is 2. The Kier molecular flexibility index (Phi) is 4.24. The van der Waals surface area contributed by atoms with Crippen LogP contribution >= 0.6 is 11.3 Å². The van der Waals surface area contributed by atoms with Crippen LogP contribution in [0.2, 0.25) is 0 Å². The molecule has 1 unspecified atom stereocenters. The molecule has 0 radical (unpaired) electrons. The van der Waals surface area contributed by atoms with Gasteiger partial charge in [-0.15, -0.1) is 11.3 Å². The summed E-state index contributed by atoms with van der Waals surface area (Å²) >= 11 is 1.48. The van der Waals surface area contributed by atoms with E-state index in [0.29, 0.717) is 22.9 Å². The third kappa shape index (κ3) is 2.67. The van der Waals surface area contributed by atoms with Gasteiger partial charge in [0.2, 0.25) is 0 Å². The molecule has 4 nitrogen and oxygen atoms in total. The number of nitrogens with zero attached hydrogens (tertiary/aromatic N) is 1. The minimum Gasteiger partial charge on any atom is -0.397 e. The lowest BCUT2D eigenvalue weighted by atomic mass is 9.99. The normalized spacial score (nSPS) is 20.1. The molecule has 100 valence electrons. The number of thiophene rings is 1. The third-order valence-electron chi connectivity index (χ3n) is 3.41. The summed E-state index contributed by atoms with van der Waals surface area (Å²) in [5.41, 5.74) is 6.50. The highest BCUT2D eigenvalue weighted by atomic mass is 32.1. The zero-order valence-corrected chi connectivity index (χ0v) is 11.5. The van der Waals surface area contributed by atoms with Gasteiger partial charge >= 0.3 is 0 Å². The molecular formula is C13H20N2O2S. The summed E-state index contributed by atoms with van der Waals surface area (Å²) in [7, 11) is 0. The number of carbonyl (C=O) groups is 1. The Hall–Kier alpha value is -1.07. The average molecular weight is 268 g/mol. The van der Waals surface area contributed by atoms with E-state index in [1.807, 2.05) is 13.0 Å². The van der Waals surface area contributed by atoms with Gasteiger partial charge in [0.1, 0.15) is 0 Å². The van der Waals surface area contributed by atoms with Crippen LogP contribution < -0.4 is 10.6 Å². The van der Waals surface area contributed by atoms with E-state index in [1.54, 1.807) is 0 Å². The largest absolute Gasteiger partial charge is 0.397 e. The van der Waals surface area contributed by atoms with Crippen molar-refractivity contribution < 1.29 is 9.90 Å². The zero-order valence-electron chi connectivity index (χ0n) is 10.7. The van der Waals surface area contributed by atoms with Crippen molar-refractivity contribution in [3.63, 3.8) is 0 Å². The molecule has 1 saturated heterocycles. The molecule has 2 heterocycles. The molecule has 18 heavy (non-hydrogen) atoms. The molecule has 0 amide bonds. The van der Waals surface area contributed by atoms with Crippen LogP contribution in [0.5, 0.6) is 0 Å². The fourth-order valence-electron chi connectivity index (χ4n) is 2.34. The van der Waals surface area contributed by atoms with Crippen LogP contribution in [0, 0.1) is 5.92 Å². The van der Waals surface area contributed by atoms with Crippen LogP contribution in [0.15, 0.2) is 6.07 Å². The molecule has 1 aromatic rings. The first-order valence-electron chi connectivity index (χ1n) is 6.44. The first kappa shape index (κ1) is 13.4. The third-order valence-corrected chi connectivity index (χ3v) is 4.66. The number of piperidine rings is 1. The second-order valence-electron chi connectivity index (χ2n) is 4.78. The molecule has 1 atom stereocenters. The van der Waals surface area contributed by atoms with E-state index in [-0.39, 0.29) is 12.4 Å². The molecule has 3 N–H and O–H groups in total. The Morgan fingerprint density at radius 3 is 3.11 bits per heavy atom. The maximum absolute atomic E-state index is 11.7. The second-order valence-corrected chi connectivity index (χ2v) is 5.81. The van der Waals surface area contributed by atoms with Crippen LogP contribution in [0.1, 0.15) is 35.9 Å². The highest BCUT2D eigenvalue weighted by Crippen LogP contribution is 2.35. The number of carbonyl (C=O) groups excluding carboxylic acids is 1. The molecule has 1 aliphatic heterocycles. The van der Waals surface area contributed by atoms with E-state index in [9.17, 15) is 9.90 Å². The average Bonchev–Trinajstić information content (AvgIpc) is 2.80. The van der Waals surface area contributed by atoms with Crippen molar-refractivity contribution in [1.29, 1.82) is 0 Å². The predicted octanol–water partition coefficient (Wildman–Crippen LogP) is 2.13. The summed E-state index contributed by atoms with van der Waals surface area (Å²) in [6.07, 6.45) is 2.65. The molecular weight excluding hydrogens is 248 g/mol. The smallest absolute Gasteiger partial charge is 0.174 e. The lowest BCUT2D eigenvalue weighted by Gasteiger charge is -2.32. The molecule has 0 bridgehead atoms. The highest BCUT2D eigenvalue weighted by Gasteiger charge is 2.22. The monoisotopic (exact) mass is 268 g/mol. The van der Waals surface area contributed by atoms with Crippen molar-refractivity contribution in [3.8, 4) is 0 Å². The SMILES string of the molecule is CCC(=O)c1sc(N2CCCC(CO)C2)cc1N. The summed E-state index contributed by atoms with van der Waals surface area (Å²) < 4.78 is 0. The van der Waals surface area contributed by atoms with Crippen LogP contribution in [-0.4, -0.2) is 30.6 Å². The number of aliphatic hydroxyl groups is 1. The summed E-state index contributed by atoms with van der Waals surface area (Å²) in [4.78, 5) is 14.6. The second kappa shape index (κ2) is 5.71. The Balaban J connectivity index is 2.16. The summed E-state index contributed by atoms with van der Waals surface area (Å²) in [5, 5.41) is 10.3. The molecule has 0 saturated carbocycles. The van der Waals surface area contributed by atoms with Crippen molar-refractivity contribution in [1.82, 2.24) is 0 Å². The van der Waals surface area contributed by atoms with Gasteiger partial charge in [0, 0.05) is 26.1 Å². The minimum absolute atomic E-state index is 0.111. The van der Waals surface area contributed by atoms with E-state index in [0.717, 1.165) is 30.9 Å². The van der Waals surface area contributed by atoms with Gasteiger partial charge in [-0.2, -0.15) is 0 Å². The van der Waals surface area contributed by atoms with Crippen LogP contribution in [0.4, 0.5) is 10.7 Å². The first-order valence-corrected chi connectivity index (χ1v) is 7.25. The van der Waals surface area contributed by atoms with Crippen molar-refractivity contribution >= 4 is 27.8 Å². The number of hydrogen-bond donors (Lipinski definition) is 2. The van der Waals surface area contributed by atoms with Crippen molar-refractivity contribution in [2.24, 2.45) is 5.92 Å². The molecule has 1 aliphatic rings. The summed E-state index contributed by atoms with van der Waals surface area (Å²) in [5.74, 6) is 0.451. The molecule has 0 aromatic carbocycles. The Morgan fingerprint density at radius 1 is 1.67 bits per heavy atom. The minimum atomic E-state index is 0.111. The Labute approximate surface area is 111 Å². The number of Topliss-reactive ketones (excluding diaryl/α,β-unsaturated/α-hetero) is 1. The fourth-order valence-corrected chi connectivity index (χ4v) is 3.46.